The SMILES string of the molecule is CCCCC(C)(N)c1cc(C)ccc1C. The number of unbranched alkanes of at least 4 members (excludes halogenated alkanes) is 1. The maximum atomic E-state index is 6.39. The van der Waals surface area contributed by atoms with Crippen LogP contribution in [0.1, 0.15) is 49.8 Å². The Hall–Kier alpha value is -0.820. The summed E-state index contributed by atoms with van der Waals surface area (Å²) in [6, 6.07) is 6.54. The number of hydrogen-bond donors (Lipinski definition) is 1. The van der Waals surface area contributed by atoms with Crippen LogP contribution in [0.3, 0.4) is 0 Å². The molecule has 0 aliphatic rings. The Morgan fingerprint density at radius 2 is 1.93 bits per heavy atom. The minimum absolute atomic E-state index is 0.174. The highest BCUT2D eigenvalue weighted by Gasteiger charge is 2.22. The molecule has 1 atom stereocenters. The maximum Gasteiger partial charge on any atom is 0.0383 e. The smallest absolute Gasteiger partial charge is 0.0383 e. The van der Waals surface area contributed by atoms with Gasteiger partial charge in [-0.05, 0) is 38.3 Å². The van der Waals surface area contributed by atoms with Crippen molar-refractivity contribution in [2.24, 2.45) is 5.73 Å². The number of aryl methyl sites for hydroxylation is 2. The van der Waals surface area contributed by atoms with E-state index in [1.807, 2.05) is 0 Å². The van der Waals surface area contributed by atoms with Gasteiger partial charge in [-0.25, -0.2) is 0 Å². The zero-order chi connectivity index (χ0) is 11.5. The van der Waals surface area contributed by atoms with Gasteiger partial charge in [-0.15, -0.1) is 0 Å². The number of hydrogen-bond acceptors (Lipinski definition) is 1. The van der Waals surface area contributed by atoms with Gasteiger partial charge < -0.3 is 5.73 Å². The Bertz CT molecular complexity index is 326. The van der Waals surface area contributed by atoms with E-state index in [9.17, 15) is 0 Å². The second kappa shape index (κ2) is 4.80. The molecule has 1 aromatic carbocycles. The van der Waals surface area contributed by atoms with Crippen LogP contribution in [0.25, 0.3) is 0 Å². The molecule has 0 radical (unpaired) electrons. The molecule has 84 valence electrons. The monoisotopic (exact) mass is 205 g/mol. The molecule has 0 aliphatic carbocycles. The van der Waals surface area contributed by atoms with E-state index in [0.29, 0.717) is 0 Å². The van der Waals surface area contributed by atoms with E-state index in [2.05, 4.69) is 45.9 Å². The average Bonchev–Trinajstić information content (AvgIpc) is 2.18. The van der Waals surface area contributed by atoms with Crippen molar-refractivity contribution in [3.05, 3.63) is 34.9 Å². The Balaban J connectivity index is 2.97. The standard InChI is InChI=1S/C14H23N/c1-5-6-9-14(4,15)13-10-11(2)7-8-12(13)3/h7-8,10H,5-6,9,15H2,1-4H3. The molecule has 1 unspecified atom stereocenters. The van der Waals surface area contributed by atoms with Crippen LogP contribution in [0.5, 0.6) is 0 Å². The van der Waals surface area contributed by atoms with Gasteiger partial charge in [0.2, 0.25) is 0 Å². The third-order valence-corrected chi connectivity index (χ3v) is 3.06. The minimum Gasteiger partial charge on any atom is -0.322 e. The number of rotatable bonds is 4. The summed E-state index contributed by atoms with van der Waals surface area (Å²) in [4.78, 5) is 0. The molecule has 0 fully saturated rings. The van der Waals surface area contributed by atoms with Gasteiger partial charge in [0.15, 0.2) is 0 Å². The quantitative estimate of drug-likeness (QED) is 0.797. The molecular weight excluding hydrogens is 182 g/mol. The zero-order valence-corrected chi connectivity index (χ0v) is 10.4. The lowest BCUT2D eigenvalue weighted by Gasteiger charge is -2.27. The van der Waals surface area contributed by atoms with Crippen molar-refractivity contribution in [1.29, 1.82) is 0 Å². The van der Waals surface area contributed by atoms with Gasteiger partial charge >= 0.3 is 0 Å². The van der Waals surface area contributed by atoms with E-state index < -0.39 is 0 Å². The van der Waals surface area contributed by atoms with E-state index in [0.717, 1.165) is 6.42 Å². The predicted molar refractivity (Wildman–Crippen MR) is 67.0 cm³/mol. The molecule has 0 spiro atoms. The van der Waals surface area contributed by atoms with Crippen LogP contribution < -0.4 is 5.73 Å². The van der Waals surface area contributed by atoms with Crippen molar-refractivity contribution >= 4 is 0 Å². The zero-order valence-electron chi connectivity index (χ0n) is 10.4. The fraction of sp³-hybridized carbons (Fsp3) is 0.571. The molecule has 0 aromatic heterocycles. The van der Waals surface area contributed by atoms with E-state index in [-0.39, 0.29) is 5.54 Å². The van der Waals surface area contributed by atoms with Crippen molar-refractivity contribution in [3.8, 4) is 0 Å². The molecule has 0 saturated heterocycles. The molecule has 1 rings (SSSR count). The first-order valence-electron chi connectivity index (χ1n) is 5.84. The largest absolute Gasteiger partial charge is 0.322 e. The maximum absolute atomic E-state index is 6.39. The normalized spacial score (nSPS) is 15.0. The Morgan fingerprint density at radius 3 is 2.53 bits per heavy atom. The van der Waals surface area contributed by atoms with Gasteiger partial charge in [-0.2, -0.15) is 0 Å². The number of benzene rings is 1. The van der Waals surface area contributed by atoms with Crippen LogP contribution in [-0.4, -0.2) is 0 Å². The van der Waals surface area contributed by atoms with Crippen molar-refractivity contribution < 1.29 is 0 Å². The molecular formula is C14H23N. The highest BCUT2D eigenvalue weighted by atomic mass is 14.7. The topological polar surface area (TPSA) is 26.0 Å². The second-order valence-corrected chi connectivity index (χ2v) is 4.84. The average molecular weight is 205 g/mol. The highest BCUT2D eigenvalue weighted by molar-refractivity contribution is 5.35. The lowest BCUT2D eigenvalue weighted by Crippen LogP contribution is -2.33. The van der Waals surface area contributed by atoms with E-state index in [1.165, 1.54) is 29.5 Å². The molecule has 1 heteroatoms. The first-order valence-corrected chi connectivity index (χ1v) is 5.84. The summed E-state index contributed by atoms with van der Waals surface area (Å²) in [7, 11) is 0. The van der Waals surface area contributed by atoms with Crippen molar-refractivity contribution in [2.75, 3.05) is 0 Å². The third kappa shape index (κ3) is 3.07. The molecule has 1 aromatic rings. The van der Waals surface area contributed by atoms with Crippen LogP contribution in [0.15, 0.2) is 18.2 Å². The molecule has 0 amide bonds. The van der Waals surface area contributed by atoms with Crippen LogP contribution in [-0.2, 0) is 5.54 Å². The van der Waals surface area contributed by atoms with Gasteiger partial charge in [0, 0.05) is 5.54 Å². The summed E-state index contributed by atoms with van der Waals surface area (Å²) in [5.74, 6) is 0. The molecule has 0 saturated carbocycles. The van der Waals surface area contributed by atoms with E-state index >= 15 is 0 Å². The Kier molecular flexibility index (Phi) is 3.92. The summed E-state index contributed by atoms with van der Waals surface area (Å²) < 4.78 is 0. The predicted octanol–water partition coefficient (Wildman–Crippen LogP) is 3.67. The van der Waals surface area contributed by atoms with E-state index in [4.69, 9.17) is 5.73 Å². The Morgan fingerprint density at radius 1 is 1.27 bits per heavy atom. The first-order chi connectivity index (χ1) is 6.97. The second-order valence-electron chi connectivity index (χ2n) is 4.84. The van der Waals surface area contributed by atoms with Gasteiger partial charge in [0.1, 0.15) is 0 Å². The van der Waals surface area contributed by atoms with Gasteiger partial charge in [0.25, 0.3) is 0 Å². The van der Waals surface area contributed by atoms with Crippen LogP contribution in [0.2, 0.25) is 0 Å². The fourth-order valence-corrected chi connectivity index (χ4v) is 2.03. The molecule has 0 bridgehead atoms. The van der Waals surface area contributed by atoms with Crippen molar-refractivity contribution in [1.82, 2.24) is 0 Å². The Labute approximate surface area is 93.7 Å². The van der Waals surface area contributed by atoms with Crippen LogP contribution in [0.4, 0.5) is 0 Å². The van der Waals surface area contributed by atoms with Crippen LogP contribution in [0, 0.1) is 13.8 Å². The molecule has 15 heavy (non-hydrogen) atoms. The summed E-state index contributed by atoms with van der Waals surface area (Å²) in [5.41, 5.74) is 10.1. The summed E-state index contributed by atoms with van der Waals surface area (Å²) in [6.45, 7) is 8.62. The number of nitrogens with two attached hydrogens (primary N) is 1. The molecule has 2 N–H and O–H groups in total. The fourth-order valence-electron chi connectivity index (χ4n) is 2.03. The molecule has 0 aliphatic heterocycles. The lowest BCUT2D eigenvalue weighted by molar-refractivity contribution is 0.431. The van der Waals surface area contributed by atoms with Gasteiger partial charge in [-0.1, -0.05) is 43.5 Å². The van der Waals surface area contributed by atoms with Gasteiger partial charge in [-0.3, -0.25) is 0 Å². The first kappa shape index (κ1) is 12.3. The highest BCUT2D eigenvalue weighted by Crippen LogP contribution is 2.27. The molecule has 1 nitrogen and oxygen atoms in total. The summed E-state index contributed by atoms with van der Waals surface area (Å²) in [6.07, 6.45) is 3.46. The summed E-state index contributed by atoms with van der Waals surface area (Å²) in [5, 5.41) is 0. The van der Waals surface area contributed by atoms with Crippen LogP contribution >= 0.6 is 0 Å². The van der Waals surface area contributed by atoms with Crippen molar-refractivity contribution in [3.63, 3.8) is 0 Å². The van der Waals surface area contributed by atoms with Crippen molar-refractivity contribution in [2.45, 2.75) is 52.5 Å². The minimum atomic E-state index is -0.174. The van der Waals surface area contributed by atoms with E-state index in [1.54, 1.807) is 0 Å². The van der Waals surface area contributed by atoms with Gasteiger partial charge in [0.05, 0.1) is 0 Å². The lowest BCUT2D eigenvalue weighted by atomic mass is 9.84. The third-order valence-electron chi connectivity index (χ3n) is 3.06. The summed E-state index contributed by atoms with van der Waals surface area (Å²) >= 11 is 0. The molecule has 0 heterocycles.